The molecule has 3 fully saturated rings. The number of carbonyl (C=O) groups excluding carboxylic acids is 1. The largest absolute Gasteiger partial charge is 0.446 e. The summed E-state index contributed by atoms with van der Waals surface area (Å²) in [6.07, 6.45) is 14.8. The Morgan fingerprint density at radius 1 is 1.00 bits per heavy atom. The zero-order chi connectivity index (χ0) is 36.9. The second-order valence-electron chi connectivity index (χ2n) is 17.6. The topological polar surface area (TPSA) is 93.6 Å². The molecule has 3 saturated carbocycles. The van der Waals surface area contributed by atoms with E-state index in [-0.39, 0.29) is 24.6 Å². The van der Waals surface area contributed by atoms with Crippen molar-refractivity contribution in [2.75, 3.05) is 39.3 Å². The zero-order valence-corrected chi connectivity index (χ0v) is 32.1. The first-order chi connectivity index (χ1) is 23.5. The maximum absolute atomic E-state index is 14.4. The van der Waals surface area contributed by atoms with Crippen LogP contribution in [0.25, 0.3) is 0 Å². The van der Waals surface area contributed by atoms with E-state index in [1.54, 1.807) is 0 Å². The van der Waals surface area contributed by atoms with Crippen molar-refractivity contribution in [3.05, 3.63) is 11.6 Å². The lowest BCUT2D eigenvalue weighted by Crippen LogP contribution is -2.51. The van der Waals surface area contributed by atoms with Crippen LogP contribution in [0, 0.1) is 52.3 Å². The van der Waals surface area contributed by atoms with Crippen LogP contribution in [0.2, 0.25) is 0 Å². The number of nitrogens with zero attached hydrogens (tertiary/aromatic N) is 1. The fourth-order valence-electron chi connectivity index (χ4n) is 11.1. The summed E-state index contributed by atoms with van der Waals surface area (Å²) < 4.78 is 61.5. The lowest BCUT2D eigenvalue weighted by Gasteiger charge is -2.58. The molecular formula is C40H70F4N4O2. The van der Waals surface area contributed by atoms with E-state index >= 15 is 0 Å². The number of hydrogen-bond donors (Lipinski definition) is 3. The molecule has 0 aliphatic heterocycles. The van der Waals surface area contributed by atoms with Gasteiger partial charge in [0.2, 0.25) is 0 Å². The monoisotopic (exact) mass is 715 g/mol. The van der Waals surface area contributed by atoms with E-state index in [0.717, 1.165) is 53.8 Å². The lowest BCUT2D eigenvalue weighted by molar-refractivity contribution is -0.0620. The predicted molar refractivity (Wildman–Crippen MR) is 194 cm³/mol. The fourth-order valence-corrected chi connectivity index (χ4v) is 11.1. The minimum atomic E-state index is -3.25. The minimum Gasteiger partial charge on any atom is -0.446 e. The van der Waals surface area contributed by atoms with Crippen molar-refractivity contribution in [3.63, 3.8) is 0 Å². The molecule has 0 bridgehead atoms. The molecule has 6 nitrogen and oxygen atoms in total. The summed E-state index contributed by atoms with van der Waals surface area (Å²) in [5.74, 6) is -1.00. The summed E-state index contributed by atoms with van der Waals surface area (Å²) in [4.78, 5) is 14.4. The molecule has 9 atom stereocenters. The van der Waals surface area contributed by atoms with Gasteiger partial charge in [-0.3, -0.25) is 0 Å². The number of ether oxygens (including phenoxy) is 1. The molecule has 0 aromatic rings. The average molecular weight is 715 g/mol. The van der Waals surface area contributed by atoms with Gasteiger partial charge in [-0.1, -0.05) is 66.0 Å². The van der Waals surface area contributed by atoms with E-state index in [0.29, 0.717) is 36.5 Å². The van der Waals surface area contributed by atoms with Crippen molar-refractivity contribution in [1.82, 2.24) is 10.2 Å². The van der Waals surface area contributed by atoms with Gasteiger partial charge in [-0.15, -0.1) is 0 Å². The molecule has 0 heterocycles. The average Bonchev–Trinajstić information content (AvgIpc) is 3.43. The third-order valence-corrected chi connectivity index (χ3v) is 14.2. The molecule has 5 N–H and O–H groups in total. The molecular weight excluding hydrogens is 644 g/mol. The molecule has 4 aliphatic carbocycles. The van der Waals surface area contributed by atoms with Gasteiger partial charge >= 0.3 is 6.09 Å². The molecule has 10 heteroatoms. The van der Waals surface area contributed by atoms with Crippen LogP contribution >= 0.6 is 0 Å². The van der Waals surface area contributed by atoms with Crippen LogP contribution in [-0.4, -0.2) is 68.2 Å². The van der Waals surface area contributed by atoms with E-state index in [9.17, 15) is 22.4 Å². The number of fused-ring (bicyclic) bond motifs is 5. The predicted octanol–water partition coefficient (Wildman–Crippen LogP) is 9.03. The Bertz CT molecular complexity index is 1140. The normalized spacial score (nSPS) is 32.5. The van der Waals surface area contributed by atoms with Crippen LogP contribution < -0.4 is 16.8 Å². The highest BCUT2D eigenvalue weighted by Crippen LogP contribution is 2.67. The molecule has 0 radical (unpaired) electrons. The third kappa shape index (κ3) is 9.58. The highest BCUT2D eigenvalue weighted by molar-refractivity contribution is 5.68. The number of alkyl halides is 4. The van der Waals surface area contributed by atoms with Crippen LogP contribution in [0.3, 0.4) is 0 Å². The highest BCUT2D eigenvalue weighted by Gasteiger charge is 2.59. The van der Waals surface area contributed by atoms with Gasteiger partial charge in [0, 0.05) is 13.0 Å². The number of nitrogens with two attached hydrogens (primary N) is 2. The maximum atomic E-state index is 14.4. The van der Waals surface area contributed by atoms with Gasteiger partial charge in [-0.05, 0) is 123 Å². The number of halogens is 4. The van der Waals surface area contributed by atoms with E-state index in [1.807, 2.05) is 0 Å². The summed E-state index contributed by atoms with van der Waals surface area (Å²) in [5, 5.41) is 2.65. The first kappa shape index (κ1) is 41.4. The summed E-state index contributed by atoms with van der Waals surface area (Å²) in [6, 6.07) is 0. The number of unbranched alkanes of at least 4 members (excludes halogenated alkanes) is 1. The van der Waals surface area contributed by atoms with Gasteiger partial charge in [0.25, 0.3) is 11.8 Å². The number of allylic oxidation sites excluding steroid dienone is 1. The quantitative estimate of drug-likeness (QED) is 0.0749. The van der Waals surface area contributed by atoms with E-state index in [2.05, 4.69) is 52.9 Å². The van der Waals surface area contributed by atoms with Crippen LogP contribution in [0.5, 0.6) is 0 Å². The van der Waals surface area contributed by atoms with Crippen molar-refractivity contribution in [2.24, 2.45) is 63.7 Å². The molecule has 0 spiro atoms. The number of amides is 1. The number of carbonyl (C=O) groups is 1. The Balaban J connectivity index is 1.35. The molecule has 0 aromatic heterocycles. The van der Waals surface area contributed by atoms with Crippen LogP contribution in [-0.2, 0) is 4.74 Å². The lowest BCUT2D eigenvalue weighted by atomic mass is 9.47. The molecule has 0 saturated heterocycles. The Morgan fingerprint density at radius 3 is 2.38 bits per heavy atom. The third-order valence-electron chi connectivity index (χ3n) is 14.2. The Hall–Kier alpha value is -1.39. The van der Waals surface area contributed by atoms with Crippen molar-refractivity contribution in [1.29, 1.82) is 0 Å². The van der Waals surface area contributed by atoms with Gasteiger partial charge in [0.15, 0.2) is 0 Å². The summed E-state index contributed by atoms with van der Waals surface area (Å²) in [5.41, 5.74) is 12.3. The molecule has 4 rings (SSSR count). The Kier molecular flexibility index (Phi) is 14.2. The van der Waals surface area contributed by atoms with Crippen molar-refractivity contribution in [3.8, 4) is 0 Å². The van der Waals surface area contributed by atoms with Gasteiger partial charge in [0.1, 0.15) is 6.10 Å². The van der Waals surface area contributed by atoms with Gasteiger partial charge in [-0.25, -0.2) is 22.4 Å². The first-order valence-corrected chi connectivity index (χ1v) is 20.0. The number of rotatable bonds is 18. The van der Waals surface area contributed by atoms with Crippen molar-refractivity contribution >= 4 is 6.09 Å². The molecule has 50 heavy (non-hydrogen) atoms. The molecule has 4 aliphatic rings. The van der Waals surface area contributed by atoms with Gasteiger partial charge < -0.3 is 26.4 Å². The van der Waals surface area contributed by atoms with E-state index in [4.69, 9.17) is 16.2 Å². The molecule has 1 amide bonds. The highest BCUT2D eigenvalue weighted by atomic mass is 19.3. The summed E-state index contributed by atoms with van der Waals surface area (Å²) in [7, 11) is 0. The molecule has 1 unspecified atom stereocenters. The number of nitrogens with one attached hydrogen (secondary N) is 1. The number of hydrogen-bond acceptors (Lipinski definition) is 5. The van der Waals surface area contributed by atoms with Crippen LogP contribution in [0.1, 0.15) is 125 Å². The summed E-state index contributed by atoms with van der Waals surface area (Å²) in [6.45, 7) is 12.0. The smallest absolute Gasteiger partial charge is 0.410 e. The standard InChI is InChI=1S/C40H70F4N4O2/c1-7-29(27(2)3)11-10-28(4)33-14-15-34-32-13-12-30-22-31(16-18-37(30,5)35(32)17-19-38(33,34)6)50-36(49)48(26-40(43,44)24-46)21-9-8-20-47-25-39(41,42)23-45/h12,27-29,31-35,47H,7-11,13-26,45-46H2,1-6H3/t28-,29?,31+,32+,33-,34+,35+,37+,38-/m1/s1. The zero-order valence-electron chi connectivity index (χ0n) is 32.1. The Morgan fingerprint density at radius 2 is 1.72 bits per heavy atom. The SMILES string of the molecule is CCC(CC[C@@H](C)[C@H]1CC[C@H]2[C@@H]3CC=C4C[C@@H](OC(=O)N(CCCCNCC(F)(F)CN)CC(F)(F)CN)CC[C@]4(C)[C@H]3CC[C@]12C)C(C)C. The first-order valence-electron chi connectivity index (χ1n) is 20.0. The van der Waals surface area contributed by atoms with E-state index < -0.39 is 44.1 Å². The molecule has 0 aromatic carbocycles. The minimum absolute atomic E-state index is 0.0386. The second-order valence-corrected chi connectivity index (χ2v) is 17.6. The van der Waals surface area contributed by atoms with Gasteiger partial charge in [-0.2, -0.15) is 0 Å². The van der Waals surface area contributed by atoms with E-state index in [1.165, 1.54) is 50.5 Å². The van der Waals surface area contributed by atoms with Crippen LogP contribution in [0.4, 0.5) is 22.4 Å². The van der Waals surface area contributed by atoms with Gasteiger partial charge in [0.05, 0.1) is 26.2 Å². The Labute approximate surface area is 300 Å². The molecule has 290 valence electrons. The van der Waals surface area contributed by atoms with Crippen molar-refractivity contribution < 1.29 is 27.1 Å². The maximum Gasteiger partial charge on any atom is 0.410 e. The summed E-state index contributed by atoms with van der Waals surface area (Å²) >= 11 is 0. The second kappa shape index (κ2) is 17.2. The fraction of sp³-hybridized carbons (Fsp3) is 0.925. The van der Waals surface area contributed by atoms with Crippen molar-refractivity contribution in [2.45, 2.75) is 143 Å². The van der Waals surface area contributed by atoms with Crippen LogP contribution in [0.15, 0.2) is 11.6 Å².